The summed E-state index contributed by atoms with van der Waals surface area (Å²) < 4.78 is 0. The van der Waals surface area contributed by atoms with Gasteiger partial charge in [0.15, 0.2) is 0 Å². The number of hydrazone groups is 1. The van der Waals surface area contributed by atoms with Crippen molar-refractivity contribution in [3.8, 4) is 0 Å². The monoisotopic (exact) mass is 353 g/mol. The first-order valence-electron chi connectivity index (χ1n) is 7.89. The molecule has 1 atom stereocenters. The van der Waals surface area contributed by atoms with Crippen LogP contribution in [0.2, 0.25) is 0 Å². The first-order chi connectivity index (χ1) is 12.6. The molecule has 1 aromatic carbocycles. The minimum absolute atomic E-state index is 0.323. The van der Waals surface area contributed by atoms with E-state index in [0.29, 0.717) is 12.0 Å². The summed E-state index contributed by atoms with van der Waals surface area (Å²) >= 11 is 0. The van der Waals surface area contributed by atoms with Crippen LogP contribution in [0.3, 0.4) is 0 Å². The molecule has 0 aliphatic carbocycles. The van der Waals surface area contributed by atoms with Gasteiger partial charge in [-0.2, -0.15) is 5.10 Å². The zero-order valence-electron chi connectivity index (χ0n) is 14.2. The summed E-state index contributed by atoms with van der Waals surface area (Å²) in [7, 11) is 0. The quantitative estimate of drug-likeness (QED) is 0.385. The van der Waals surface area contributed by atoms with Gasteiger partial charge in [0.1, 0.15) is 12.4 Å². The van der Waals surface area contributed by atoms with Crippen LogP contribution >= 0.6 is 0 Å². The second-order valence-corrected chi connectivity index (χ2v) is 5.39. The first-order valence-corrected chi connectivity index (χ1v) is 7.89. The number of carbonyl (C=O) groups is 3. The SMILES string of the molecule is CC(=O)N[C@@H](Cc1ccccc1)C(=O)N/N=C/NC(=O)c1cccnc1. The highest BCUT2D eigenvalue weighted by Crippen LogP contribution is 2.03. The molecule has 0 bridgehead atoms. The largest absolute Gasteiger partial charge is 0.344 e. The molecule has 1 heterocycles. The van der Waals surface area contributed by atoms with Gasteiger partial charge in [-0.3, -0.25) is 19.4 Å². The maximum absolute atomic E-state index is 12.2. The predicted octanol–water partition coefficient (Wildman–Crippen LogP) is 0.618. The summed E-state index contributed by atoms with van der Waals surface area (Å²) in [5.74, 6) is -1.22. The van der Waals surface area contributed by atoms with E-state index >= 15 is 0 Å². The number of nitrogens with zero attached hydrogens (tertiary/aromatic N) is 2. The van der Waals surface area contributed by atoms with E-state index < -0.39 is 17.9 Å². The Morgan fingerprint density at radius 2 is 1.92 bits per heavy atom. The maximum atomic E-state index is 12.2. The van der Waals surface area contributed by atoms with E-state index in [1.54, 1.807) is 18.3 Å². The molecule has 0 aliphatic heterocycles. The fourth-order valence-electron chi connectivity index (χ4n) is 2.15. The Kier molecular flexibility index (Phi) is 6.99. The predicted molar refractivity (Wildman–Crippen MR) is 96.1 cm³/mol. The van der Waals surface area contributed by atoms with E-state index in [1.165, 1.54) is 13.1 Å². The number of benzene rings is 1. The van der Waals surface area contributed by atoms with Gasteiger partial charge in [0.2, 0.25) is 5.91 Å². The number of hydrogen-bond donors (Lipinski definition) is 3. The highest BCUT2D eigenvalue weighted by atomic mass is 16.2. The molecule has 0 saturated carbocycles. The fraction of sp³-hybridized carbons (Fsp3) is 0.167. The number of carbonyl (C=O) groups excluding carboxylic acids is 3. The lowest BCUT2D eigenvalue weighted by molar-refractivity contribution is -0.128. The number of aromatic nitrogens is 1. The lowest BCUT2D eigenvalue weighted by Gasteiger charge is -2.16. The van der Waals surface area contributed by atoms with E-state index in [9.17, 15) is 14.4 Å². The molecule has 3 N–H and O–H groups in total. The second-order valence-electron chi connectivity index (χ2n) is 5.39. The lowest BCUT2D eigenvalue weighted by Crippen LogP contribution is -2.46. The topological polar surface area (TPSA) is 113 Å². The van der Waals surface area contributed by atoms with Crippen LogP contribution in [0.1, 0.15) is 22.8 Å². The third-order valence-electron chi connectivity index (χ3n) is 3.34. The van der Waals surface area contributed by atoms with Gasteiger partial charge in [-0.1, -0.05) is 30.3 Å². The van der Waals surface area contributed by atoms with Gasteiger partial charge in [0.25, 0.3) is 11.8 Å². The Morgan fingerprint density at radius 3 is 2.58 bits per heavy atom. The summed E-state index contributed by atoms with van der Waals surface area (Å²) in [6, 6.07) is 11.7. The minimum atomic E-state index is -0.777. The molecule has 2 aromatic rings. The molecule has 0 spiro atoms. The van der Waals surface area contributed by atoms with Crippen molar-refractivity contribution in [3.05, 3.63) is 66.0 Å². The summed E-state index contributed by atoms with van der Waals surface area (Å²) in [6.07, 6.45) is 4.36. The van der Waals surface area contributed by atoms with Crippen LogP contribution in [-0.2, 0) is 16.0 Å². The molecule has 26 heavy (non-hydrogen) atoms. The van der Waals surface area contributed by atoms with Crippen molar-refractivity contribution in [1.29, 1.82) is 0 Å². The zero-order valence-corrected chi connectivity index (χ0v) is 14.2. The van der Waals surface area contributed by atoms with Gasteiger partial charge in [-0.15, -0.1) is 0 Å². The highest BCUT2D eigenvalue weighted by Gasteiger charge is 2.19. The van der Waals surface area contributed by atoms with Gasteiger partial charge in [-0.05, 0) is 17.7 Å². The van der Waals surface area contributed by atoms with Gasteiger partial charge in [0.05, 0.1) is 5.56 Å². The van der Waals surface area contributed by atoms with Crippen LogP contribution in [0.5, 0.6) is 0 Å². The Bertz CT molecular complexity index is 778. The van der Waals surface area contributed by atoms with Crippen molar-refractivity contribution in [2.45, 2.75) is 19.4 Å². The average Bonchev–Trinajstić information content (AvgIpc) is 2.65. The van der Waals surface area contributed by atoms with Crippen molar-refractivity contribution in [2.24, 2.45) is 5.10 Å². The standard InChI is InChI=1S/C18H19N5O3/c1-13(24)22-16(10-14-6-3-2-4-7-14)18(26)23-21-12-20-17(25)15-8-5-9-19-11-15/h2-9,11-12,16H,10H2,1H3,(H,22,24)(H,23,26)(H,20,21,25)/t16-/m0/s1. The number of rotatable bonds is 7. The van der Waals surface area contributed by atoms with Crippen molar-refractivity contribution >= 4 is 24.1 Å². The van der Waals surface area contributed by atoms with E-state index in [2.05, 4.69) is 26.1 Å². The molecule has 0 radical (unpaired) electrons. The Morgan fingerprint density at radius 1 is 1.15 bits per heavy atom. The van der Waals surface area contributed by atoms with Crippen LogP contribution in [0.4, 0.5) is 0 Å². The van der Waals surface area contributed by atoms with Crippen LogP contribution in [-0.4, -0.2) is 35.1 Å². The maximum Gasteiger partial charge on any atom is 0.263 e. The molecule has 0 unspecified atom stereocenters. The van der Waals surface area contributed by atoms with E-state index in [0.717, 1.165) is 11.9 Å². The Hall–Kier alpha value is -3.55. The number of nitrogens with one attached hydrogen (secondary N) is 3. The van der Waals surface area contributed by atoms with Crippen LogP contribution in [0.25, 0.3) is 0 Å². The third-order valence-corrected chi connectivity index (χ3v) is 3.34. The van der Waals surface area contributed by atoms with Gasteiger partial charge < -0.3 is 10.6 Å². The zero-order chi connectivity index (χ0) is 18.8. The number of hydrogen-bond acceptors (Lipinski definition) is 5. The molecule has 1 aromatic heterocycles. The van der Waals surface area contributed by atoms with Crippen molar-refractivity contribution in [1.82, 2.24) is 21.0 Å². The van der Waals surface area contributed by atoms with E-state index in [4.69, 9.17) is 0 Å². The summed E-state index contributed by atoms with van der Waals surface area (Å²) in [6.45, 7) is 1.34. The summed E-state index contributed by atoms with van der Waals surface area (Å²) in [5, 5.41) is 8.67. The number of pyridine rings is 1. The van der Waals surface area contributed by atoms with Crippen molar-refractivity contribution in [3.63, 3.8) is 0 Å². The molecule has 8 nitrogen and oxygen atoms in total. The average molecular weight is 353 g/mol. The Balaban J connectivity index is 1.89. The number of amides is 3. The highest BCUT2D eigenvalue weighted by molar-refractivity contribution is 6.00. The van der Waals surface area contributed by atoms with Crippen molar-refractivity contribution in [2.75, 3.05) is 0 Å². The molecule has 0 aliphatic rings. The molecular formula is C18H19N5O3. The third kappa shape index (κ3) is 6.16. The van der Waals surface area contributed by atoms with Gasteiger partial charge in [0, 0.05) is 25.7 Å². The van der Waals surface area contributed by atoms with E-state index in [-0.39, 0.29) is 5.91 Å². The van der Waals surface area contributed by atoms with Crippen LogP contribution < -0.4 is 16.1 Å². The van der Waals surface area contributed by atoms with Crippen molar-refractivity contribution < 1.29 is 14.4 Å². The summed E-state index contributed by atoms with van der Waals surface area (Å²) in [5.41, 5.74) is 3.57. The molecule has 0 saturated heterocycles. The Labute approximate surface area is 150 Å². The molecule has 3 amide bonds. The molecule has 2 rings (SSSR count). The minimum Gasteiger partial charge on any atom is -0.344 e. The molecule has 0 fully saturated rings. The van der Waals surface area contributed by atoms with Gasteiger partial charge >= 0.3 is 0 Å². The van der Waals surface area contributed by atoms with Gasteiger partial charge in [-0.25, -0.2) is 5.43 Å². The smallest absolute Gasteiger partial charge is 0.263 e. The van der Waals surface area contributed by atoms with Crippen LogP contribution in [0, 0.1) is 0 Å². The molecular weight excluding hydrogens is 334 g/mol. The first kappa shape index (κ1) is 18.8. The lowest BCUT2D eigenvalue weighted by atomic mass is 10.1. The van der Waals surface area contributed by atoms with E-state index in [1.807, 2.05) is 30.3 Å². The summed E-state index contributed by atoms with van der Waals surface area (Å²) in [4.78, 5) is 39.2. The second kappa shape index (κ2) is 9.67. The fourth-order valence-corrected chi connectivity index (χ4v) is 2.15. The molecule has 134 valence electrons. The molecule has 8 heteroatoms. The normalized spacial score (nSPS) is 11.6. The van der Waals surface area contributed by atoms with Crippen LogP contribution in [0.15, 0.2) is 60.0 Å².